The zero-order valence-corrected chi connectivity index (χ0v) is 16.9. The predicted molar refractivity (Wildman–Crippen MR) is 106 cm³/mol. The number of hydrogen-bond donors (Lipinski definition) is 2. The van der Waals surface area contributed by atoms with E-state index < -0.39 is 17.5 Å². The van der Waals surface area contributed by atoms with Crippen LogP contribution in [0.2, 0.25) is 0 Å². The highest BCUT2D eigenvalue weighted by atomic mass is 16.2. The highest BCUT2D eigenvalue weighted by molar-refractivity contribution is 6.09. The molecule has 2 aromatic rings. The van der Waals surface area contributed by atoms with E-state index in [-0.39, 0.29) is 18.5 Å². The van der Waals surface area contributed by atoms with Crippen LogP contribution in [0.15, 0.2) is 30.5 Å². The first-order valence-electron chi connectivity index (χ1n) is 9.81. The standard InChI is InChI=1S/C21H25N5O3/c1-13-7-9-14(10-8-13)21(2)19(28)26(20(29)24-21)12-18(27)23-16-5-4-6-17-15(16)11-22-25(17)3/h7-11,16H,4-6,12H2,1-3H3,(H,23,27)(H,24,29). The van der Waals surface area contributed by atoms with Crippen molar-refractivity contribution in [2.75, 3.05) is 6.54 Å². The van der Waals surface area contributed by atoms with Crippen LogP contribution in [0.25, 0.3) is 0 Å². The second-order valence-electron chi connectivity index (χ2n) is 8.00. The van der Waals surface area contributed by atoms with Crippen LogP contribution in [0.4, 0.5) is 4.79 Å². The molecule has 2 N–H and O–H groups in total. The Morgan fingerprint density at radius 1 is 1.31 bits per heavy atom. The highest BCUT2D eigenvalue weighted by Gasteiger charge is 2.49. The van der Waals surface area contributed by atoms with Crippen LogP contribution < -0.4 is 10.6 Å². The average Bonchev–Trinajstić information content (AvgIpc) is 3.17. The Morgan fingerprint density at radius 3 is 2.76 bits per heavy atom. The number of amides is 4. The number of aryl methyl sites for hydroxylation is 2. The van der Waals surface area contributed by atoms with Crippen molar-refractivity contribution in [3.63, 3.8) is 0 Å². The van der Waals surface area contributed by atoms with Crippen molar-refractivity contribution in [1.82, 2.24) is 25.3 Å². The topological polar surface area (TPSA) is 96.3 Å². The van der Waals surface area contributed by atoms with E-state index in [1.165, 1.54) is 0 Å². The van der Waals surface area contributed by atoms with Crippen molar-refractivity contribution in [2.45, 2.75) is 44.7 Å². The van der Waals surface area contributed by atoms with Gasteiger partial charge in [0.1, 0.15) is 12.1 Å². The fourth-order valence-corrected chi connectivity index (χ4v) is 4.16. The number of nitrogens with one attached hydrogen (secondary N) is 2. The summed E-state index contributed by atoms with van der Waals surface area (Å²) in [6.45, 7) is 3.31. The maximum atomic E-state index is 13.0. The number of urea groups is 1. The van der Waals surface area contributed by atoms with E-state index >= 15 is 0 Å². The van der Waals surface area contributed by atoms with Gasteiger partial charge in [0.2, 0.25) is 5.91 Å². The van der Waals surface area contributed by atoms with Gasteiger partial charge >= 0.3 is 6.03 Å². The van der Waals surface area contributed by atoms with Crippen LogP contribution in [0.5, 0.6) is 0 Å². The first-order chi connectivity index (χ1) is 13.8. The number of benzene rings is 1. The second kappa shape index (κ2) is 7.02. The minimum absolute atomic E-state index is 0.149. The Bertz CT molecular complexity index is 981. The van der Waals surface area contributed by atoms with Gasteiger partial charge in [-0.2, -0.15) is 5.10 Å². The van der Waals surface area contributed by atoms with Crippen LogP contribution in [-0.2, 0) is 28.6 Å². The van der Waals surface area contributed by atoms with Crippen LogP contribution >= 0.6 is 0 Å². The minimum atomic E-state index is -1.17. The summed E-state index contributed by atoms with van der Waals surface area (Å²) in [5.41, 5.74) is 2.70. The number of aromatic nitrogens is 2. The Labute approximate surface area is 169 Å². The molecule has 29 heavy (non-hydrogen) atoms. The fraction of sp³-hybridized carbons (Fsp3) is 0.429. The molecular weight excluding hydrogens is 370 g/mol. The van der Waals surface area contributed by atoms with E-state index in [1.807, 2.05) is 42.9 Å². The molecule has 2 unspecified atom stereocenters. The van der Waals surface area contributed by atoms with Crippen LogP contribution in [-0.4, -0.2) is 39.1 Å². The molecule has 1 aliphatic heterocycles. The van der Waals surface area contributed by atoms with Gasteiger partial charge in [0.05, 0.1) is 12.2 Å². The third-order valence-electron chi connectivity index (χ3n) is 5.92. The number of imide groups is 1. The van der Waals surface area contributed by atoms with E-state index in [0.717, 1.165) is 41.0 Å². The van der Waals surface area contributed by atoms with Gasteiger partial charge in [-0.1, -0.05) is 29.8 Å². The SMILES string of the molecule is Cc1ccc(C2(C)NC(=O)N(CC(=O)NC3CCCc4c3cnn4C)C2=O)cc1. The maximum absolute atomic E-state index is 13.0. The van der Waals surface area contributed by atoms with Crippen LogP contribution in [0.1, 0.15) is 48.2 Å². The normalized spacial score (nSPS) is 23.7. The van der Waals surface area contributed by atoms with Crippen molar-refractivity contribution in [3.05, 3.63) is 52.8 Å². The van der Waals surface area contributed by atoms with Gasteiger partial charge in [0.25, 0.3) is 5.91 Å². The van der Waals surface area contributed by atoms with Gasteiger partial charge in [-0.25, -0.2) is 4.79 Å². The largest absolute Gasteiger partial charge is 0.348 e. The molecule has 4 rings (SSSR count). The smallest absolute Gasteiger partial charge is 0.325 e. The molecule has 2 aliphatic rings. The van der Waals surface area contributed by atoms with Gasteiger partial charge in [-0.05, 0) is 38.7 Å². The van der Waals surface area contributed by atoms with Crippen molar-refractivity contribution in [2.24, 2.45) is 7.05 Å². The molecule has 1 aromatic carbocycles. The summed E-state index contributed by atoms with van der Waals surface area (Å²) >= 11 is 0. The fourth-order valence-electron chi connectivity index (χ4n) is 4.16. The van der Waals surface area contributed by atoms with Gasteiger partial charge in [-0.15, -0.1) is 0 Å². The molecule has 1 fully saturated rings. The average molecular weight is 395 g/mol. The Balaban J connectivity index is 1.47. The lowest BCUT2D eigenvalue weighted by atomic mass is 9.91. The summed E-state index contributed by atoms with van der Waals surface area (Å²) in [5, 5.41) is 9.98. The Hall–Kier alpha value is -3.16. The number of carbonyl (C=O) groups is 3. The first-order valence-corrected chi connectivity index (χ1v) is 9.81. The number of hydrogen-bond acceptors (Lipinski definition) is 4. The molecule has 0 saturated carbocycles. The summed E-state index contributed by atoms with van der Waals surface area (Å²) in [6.07, 6.45) is 4.47. The minimum Gasteiger partial charge on any atom is -0.348 e. The van der Waals surface area contributed by atoms with E-state index in [1.54, 1.807) is 13.1 Å². The molecule has 4 amide bonds. The highest BCUT2D eigenvalue weighted by Crippen LogP contribution is 2.30. The van der Waals surface area contributed by atoms with Gasteiger partial charge in [-0.3, -0.25) is 19.2 Å². The molecule has 0 bridgehead atoms. The van der Waals surface area contributed by atoms with Crippen molar-refractivity contribution >= 4 is 17.8 Å². The summed E-state index contributed by atoms with van der Waals surface area (Å²) < 4.78 is 1.83. The Morgan fingerprint density at radius 2 is 2.03 bits per heavy atom. The first kappa shape index (κ1) is 19.2. The quantitative estimate of drug-likeness (QED) is 0.770. The second-order valence-corrected chi connectivity index (χ2v) is 8.00. The summed E-state index contributed by atoms with van der Waals surface area (Å²) in [7, 11) is 1.89. The molecule has 2 atom stereocenters. The molecule has 2 heterocycles. The summed E-state index contributed by atoms with van der Waals surface area (Å²) in [5.74, 6) is -0.782. The Kier molecular flexibility index (Phi) is 4.64. The molecule has 8 heteroatoms. The zero-order valence-electron chi connectivity index (χ0n) is 16.9. The summed E-state index contributed by atoms with van der Waals surface area (Å²) in [6, 6.07) is 6.73. The lowest BCUT2D eigenvalue weighted by Gasteiger charge is -2.25. The number of rotatable bonds is 4. The third-order valence-corrected chi connectivity index (χ3v) is 5.92. The molecular formula is C21H25N5O3. The van der Waals surface area contributed by atoms with Crippen molar-refractivity contribution < 1.29 is 14.4 Å². The van der Waals surface area contributed by atoms with Crippen molar-refractivity contribution in [3.8, 4) is 0 Å². The zero-order chi connectivity index (χ0) is 20.8. The molecule has 0 spiro atoms. The van der Waals surface area contributed by atoms with Crippen LogP contribution in [0.3, 0.4) is 0 Å². The molecule has 152 valence electrons. The van der Waals surface area contributed by atoms with Crippen molar-refractivity contribution in [1.29, 1.82) is 0 Å². The number of nitrogens with zero attached hydrogens (tertiary/aromatic N) is 3. The maximum Gasteiger partial charge on any atom is 0.325 e. The lowest BCUT2D eigenvalue weighted by Crippen LogP contribution is -2.44. The monoisotopic (exact) mass is 395 g/mol. The predicted octanol–water partition coefficient (Wildman–Crippen LogP) is 1.69. The molecule has 1 saturated heterocycles. The summed E-state index contributed by atoms with van der Waals surface area (Å²) in [4.78, 5) is 39.1. The van der Waals surface area contributed by atoms with E-state index in [0.29, 0.717) is 5.56 Å². The van der Waals surface area contributed by atoms with E-state index in [9.17, 15) is 14.4 Å². The molecule has 1 aromatic heterocycles. The van der Waals surface area contributed by atoms with Crippen LogP contribution in [0, 0.1) is 6.92 Å². The van der Waals surface area contributed by atoms with E-state index in [2.05, 4.69) is 15.7 Å². The molecule has 8 nitrogen and oxygen atoms in total. The van der Waals surface area contributed by atoms with E-state index in [4.69, 9.17) is 0 Å². The molecule has 0 radical (unpaired) electrons. The third kappa shape index (κ3) is 3.28. The lowest BCUT2D eigenvalue weighted by molar-refractivity contribution is -0.135. The van der Waals surface area contributed by atoms with Gasteiger partial charge in [0.15, 0.2) is 0 Å². The number of fused-ring (bicyclic) bond motifs is 1. The van der Waals surface area contributed by atoms with Gasteiger partial charge in [0, 0.05) is 18.3 Å². The molecule has 1 aliphatic carbocycles. The van der Waals surface area contributed by atoms with Gasteiger partial charge < -0.3 is 10.6 Å². The number of carbonyl (C=O) groups excluding carboxylic acids is 3.